The fourth-order valence-electron chi connectivity index (χ4n) is 10.1. The number of hydroxylamine groups is 2. The average molecular weight is 783 g/mol. The van der Waals surface area contributed by atoms with Crippen molar-refractivity contribution in [1.29, 1.82) is 0 Å². The highest BCUT2D eigenvalue weighted by atomic mass is 16.7. The zero-order chi connectivity index (χ0) is 40.8. The summed E-state index contributed by atoms with van der Waals surface area (Å²) in [6.45, 7) is 8.74. The summed E-state index contributed by atoms with van der Waals surface area (Å²) < 4.78 is 6.09. The van der Waals surface area contributed by atoms with Gasteiger partial charge in [-0.3, -0.25) is 19.2 Å². The number of likely N-dealkylation sites (tertiary alicyclic amines) is 1. The molecule has 8 rings (SSSR count). The van der Waals surface area contributed by atoms with Crippen LogP contribution in [0.1, 0.15) is 69.3 Å². The second-order valence-electron chi connectivity index (χ2n) is 17.3. The molecule has 3 aromatic rings. The summed E-state index contributed by atoms with van der Waals surface area (Å²) >= 11 is 0. The number of fused-ring (bicyclic) bond motifs is 2. The Hall–Kier alpha value is -4.56. The lowest BCUT2D eigenvalue weighted by Crippen LogP contribution is -2.62. The van der Waals surface area contributed by atoms with Crippen molar-refractivity contribution in [3.63, 3.8) is 0 Å². The first kappa shape index (κ1) is 40.6. The molecule has 306 valence electrons. The summed E-state index contributed by atoms with van der Waals surface area (Å²) in [5.74, 6) is 0.965. The van der Waals surface area contributed by atoms with E-state index in [9.17, 15) is 24.6 Å². The van der Waals surface area contributed by atoms with Gasteiger partial charge in [0, 0.05) is 61.2 Å². The maximum atomic E-state index is 14.3. The van der Waals surface area contributed by atoms with Gasteiger partial charge in [-0.1, -0.05) is 45.0 Å². The zero-order valence-electron chi connectivity index (χ0n) is 34.1. The molecule has 3 heterocycles. The van der Waals surface area contributed by atoms with Crippen molar-refractivity contribution in [1.82, 2.24) is 20.3 Å². The van der Waals surface area contributed by atoms with Crippen LogP contribution in [0.2, 0.25) is 0 Å². The number of hydrogen-bond acceptors (Lipinski definition) is 10. The summed E-state index contributed by atoms with van der Waals surface area (Å²) in [5.41, 5.74) is 3.67. The van der Waals surface area contributed by atoms with Crippen LogP contribution < -0.4 is 20.3 Å². The van der Waals surface area contributed by atoms with Crippen molar-refractivity contribution in [3.05, 3.63) is 71.9 Å². The number of aliphatic hydroxyl groups excluding tert-OH is 2. The summed E-state index contributed by atoms with van der Waals surface area (Å²) in [7, 11) is 5.40. The van der Waals surface area contributed by atoms with E-state index >= 15 is 0 Å². The predicted octanol–water partition coefficient (Wildman–Crippen LogP) is 4.73. The van der Waals surface area contributed by atoms with E-state index in [1.54, 1.807) is 48.4 Å². The molecule has 9 atom stereocenters. The van der Waals surface area contributed by atoms with Gasteiger partial charge in [0.15, 0.2) is 0 Å². The topological polar surface area (TPSA) is 157 Å². The van der Waals surface area contributed by atoms with Crippen LogP contribution in [0.3, 0.4) is 0 Å². The molecule has 4 N–H and O–H groups in total. The molecule has 2 aliphatic heterocycles. The molecule has 2 bridgehead atoms. The standard InChI is InChI=1S/C44H58N6O7/c1-25-33-21-30(44(33,3)4)22-34(25)46-42(54)39-38(26(2)52)36(24-51)57-50(39)23-27-12-10-13-32(40(27)56-7)28-18-29(20-31(19-28)48(5)6)43(55)49-17-11-14-35(49)41(53)47-37-15-8-9-16-45-37/h8-10,12-13,15-16,18-20,25-26,30,33-36,38-39,51-52H,11,14,17,21-24H2,1-7H3,(H,46,54)(H,45,47,53)/t25-,26-,30+,33+,34-,35-,36-,38+,39-/m0/s1. The monoisotopic (exact) mass is 782 g/mol. The van der Waals surface area contributed by atoms with E-state index in [0.717, 1.165) is 28.8 Å². The third kappa shape index (κ3) is 7.74. The van der Waals surface area contributed by atoms with Crippen molar-refractivity contribution in [2.75, 3.05) is 44.6 Å². The summed E-state index contributed by atoms with van der Waals surface area (Å²) in [6, 6.07) is 15.2. The number of pyridine rings is 1. The highest BCUT2D eigenvalue weighted by Gasteiger charge is 2.57. The first-order valence-corrected chi connectivity index (χ1v) is 20.3. The number of carbonyl (C=O) groups is 3. The Balaban J connectivity index is 1.16. The normalized spacial score (nSPS) is 28.3. The average Bonchev–Trinajstić information content (AvgIpc) is 3.84. The number of aliphatic hydroxyl groups is 2. The number of hydrogen-bond donors (Lipinski definition) is 4. The minimum Gasteiger partial charge on any atom is -0.496 e. The minimum absolute atomic E-state index is 0.0174. The third-order valence-electron chi connectivity index (χ3n) is 13.4. The summed E-state index contributed by atoms with van der Waals surface area (Å²) in [5, 5.41) is 29.1. The van der Waals surface area contributed by atoms with Gasteiger partial charge in [-0.05, 0) is 91.7 Å². The SMILES string of the molecule is COc1c(CN2O[C@@H](CO)[C@@H]([C@H](C)O)[C@H]2C(=O)N[C@H]2C[C@H]3C[C@H]([C@@H]2C)C3(C)C)cccc1-c1cc(C(=O)N2CCC[C@H]2C(=O)Nc2ccccn2)cc(N(C)C)c1. The third-order valence-corrected chi connectivity index (χ3v) is 13.4. The number of ether oxygens (including phenoxy) is 1. The van der Waals surface area contributed by atoms with Crippen molar-refractivity contribution < 1.29 is 34.2 Å². The van der Waals surface area contributed by atoms with E-state index < -0.39 is 30.2 Å². The molecule has 0 radical (unpaired) electrons. The summed E-state index contributed by atoms with van der Waals surface area (Å²) in [6.07, 6.45) is 3.25. The van der Waals surface area contributed by atoms with Crippen LogP contribution in [0.25, 0.3) is 11.1 Å². The molecule has 0 unspecified atom stereocenters. The van der Waals surface area contributed by atoms with Crippen molar-refractivity contribution >= 4 is 29.2 Å². The maximum Gasteiger partial charge on any atom is 0.254 e. The van der Waals surface area contributed by atoms with Crippen LogP contribution in [0.15, 0.2) is 60.8 Å². The number of nitrogens with one attached hydrogen (secondary N) is 2. The Bertz CT molecular complexity index is 1960. The van der Waals surface area contributed by atoms with Gasteiger partial charge in [0.25, 0.3) is 5.91 Å². The number of aromatic nitrogens is 1. The Morgan fingerprint density at radius 2 is 1.88 bits per heavy atom. The number of nitrogens with zero attached hydrogens (tertiary/aromatic N) is 4. The van der Waals surface area contributed by atoms with E-state index in [0.29, 0.717) is 54.3 Å². The fourth-order valence-corrected chi connectivity index (χ4v) is 10.1. The lowest BCUT2D eigenvalue weighted by molar-refractivity contribution is -0.183. The molecule has 2 saturated heterocycles. The molecule has 2 aromatic carbocycles. The van der Waals surface area contributed by atoms with Gasteiger partial charge in [-0.15, -0.1) is 0 Å². The van der Waals surface area contributed by atoms with E-state index in [4.69, 9.17) is 9.57 Å². The molecule has 3 saturated carbocycles. The number of anilines is 2. The highest BCUT2D eigenvalue weighted by Crippen LogP contribution is 2.61. The van der Waals surface area contributed by atoms with Crippen LogP contribution in [-0.4, -0.2) is 108 Å². The molecule has 57 heavy (non-hydrogen) atoms. The van der Waals surface area contributed by atoms with Gasteiger partial charge in [-0.2, -0.15) is 5.06 Å². The number of methoxy groups -OCH3 is 1. The maximum absolute atomic E-state index is 14.3. The van der Waals surface area contributed by atoms with E-state index in [1.165, 1.54) is 6.42 Å². The second kappa shape index (κ2) is 16.4. The van der Waals surface area contributed by atoms with Crippen molar-refractivity contribution in [2.45, 2.75) is 90.3 Å². The van der Waals surface area contributed by atoms with Gasteiger partial charge in [0.2, 0.25) is 11.8 Å². The molecule has 13 nitrogen and oxygen atoms in total. The van der Waals surface area contributed by atoms with Crippen LogP contribution in [0, 0.1) is 29.1 Å². The number of para-hydroxylation sites is 1. The molecule has 3 aliphatic carbocycles. The first-order valence-electron chi connectivity index (χ1n) is 20.3. The molecular weight excluding hydrogens is 725 g/mol. The molecule has 1 aromatic heterocycles. The van der Waals surface area contributed by atoms with Gasteiger partial charge in [0.1, 0.15) is 29.8 Å². The molecule has 13 heteroatoms. The fraction of sp³-hybridized carbons (Fsp3) is 0.545. The van der Waals surface area contributed by atoms with Gasteiger partial charge >= 0.3 is 0 Å². The molecular formula is C44H58N6O7. The van der Waals surface area contributed by atoms with Gasteiger partial charge in [0.05, 0.1) is 26.4 Å². The Morgan fingerprint density at radius 3 is 2.53 bits per heavy atom. The first-order chi connectivity index (χ1) is 27.2. The second-order valence-corrected chi connectivity index (χ2v) is 17.3. The van der Waals surface area contributed by atoms with E-state index in [-0.39, 0.29) is 42.3 Å². The van der Waals surface area contributed by atoms with Crippen LogP contribution >= 0.6 is 0 Å². The quantitative estimate of drug-likeness (QED) is 0.203. The Kier molecular flexibility index (Phi) is 11.7. The highest BCUT2D eigenvalue weighted by molar-refractivity contribution is 6.02. The largest absolute Gasteiger partial charge is 0.496 e. The van der Waals surface area contributed by atoms with E-state index in [2.05, 4.69) is 36.4 Å². The van der Waals surface area contributed by atoms with E-state index in [1.807, 2.05) is 55.4 Å². The Morgan fingerprint density at radius 1 is 1.09 bits per heavy atom. The summed E-state index contributed by atoms with van der Waals surface area (Å²) in [4.78, 5) is 56.0. The zero-order valence-corrected chi connectivity index (χ0v) is 34.1. The minimum atomic E-state index is -0.923. The predicted molar refractivity (Wildman–Crippen MR) is 217 cm³/mol. The molecule has 3 amide bonds. The lowest BCUT2D eigenvalue weighted by Gasteiger charge is -2.62. The van der Waals surface area contributed by atoms with Gasteiger partial charge < -0.3 is 35.4 Å². The molecule has 5 fully saturated rings. The number of rotatable bonds is 12. The number of benzene rings is 2. The number of amides is 3. The lowest BCUT2D eigenvalue weighted by atomic mass is 9.45. The van der Waals surface area contributed by atoms with Crippen molar-refractivity contribution in [2.24, 2.45) is 29.1 Å². The smallest absolute Gasteiger partial charge is 0.254 e. The molecule has 5 aliphatic rings. The van der Waals surface area contributed by atoms with Crippen LogP contribution in [0.4, 0.5) is 11.5 Å². The molecule has 0 spiro atoms. The van der Waals surface area contributed by atoms with Crippen LogP contribution in [0.5, 0.6) is 5.75 Å². The van der Waals surface area contributed by atoms with Gasteiger partial charge in [-0.25, -0.2) is 4.98 Å². The van der Waals surface area contributed by atoms with Crippen LogP contribution in [-0.2, 0) is 21.0 Å². The number of carbonyl (C=O) groups excluding carboxylic acids is 3. The van der Waals surface area contributed by atoms with Crippen molar-refractivity contribution in [3.8, 4) is 16.9 Å². The Labute approximate surface area is 335 Å².